The van der Waals surface area contributed by atoms with E-state index in [0.717, 1.165) is 31.6 Å². The summed E-state index contributed by atoms with van der Waals surface area (Å²) in [4.78, 5) is 16.6. The first-order valence-electron chi connectivity index (χ1n) is 10.9. The quantitative estimate of drug-likeness (QED) is 0.330. The number of anilines is 3. The van der Waals surface area contributed by atoms with E-state index in [-0.39, 0.29) is 10.6 Å². The molecule has 3 N–H and O–H groups in total. The van der Waals surface area contributed by atoms with Gasteiger partial charge in [-0.2, -0.15) is 0 Å². The van der Waals surface area contributed by atoms with Crippen LogP contribution in [0.15, 0.2) is 36.7 Å². The molecular formula is C25H25ClFN7. The lowest BCUT2D eigenvalue weighted by Crippen LogP contribution is -2.53. The Balaban J connectivity index is 1.57. The number of nitrogens with zero attached hydrogens (tertiary/aromatic N) is 5. The molecule has 0 saturated carbocycles. The van der Waals surface area contributed by atoms with Crippen LogP contribution < -0.4 is 11.1 Å². The molecule has 2 heterocycles. The maximum Gasteiger partial charge on any atom is 0.270 e. The zero-order chi connectivity index (χ0) is 24.3. The number of benzene rings is 2. The second-order valence-electron chi connectivity index (χ2n) is 8.65. The van der Waals surface area contributed by atoms with Gasteiger partial charge in [0.15, 0.2) is 0 Å². The summed E-state index contributed by atoms with van der Waals surface area (Å²) in [6.45, 7) is 15.1. The topological polar surface area (TPSA) is 74.7 Å². The molecule has 0 atom stereocenters. The van der Waals surface area contributed by atoms with Gasteiger partial charge in [0.1, 0.15) is 18.0 Å². The SMILES string of the molecule is [C-]#[N+]CN1CCN(C(C)(C)C#Cc2cc3ncnc(Nc4ccc(F)c(Cl)c4)c3cc2N)CC1. The van der Waals surface area contributed by atoms with Gasteiger partial charge >= 0.3 is 0 Å². The summed E-state index contributed by atoms with van der Waals surface area (Å²) >= 11 is 5.89. The number of nitrogens with one attached hydrogen (secondary N) is 1. The molecule has 0 bridgehead atoms. The van der Waals surface area contributed by atoms with Gasteiger partial charge in [0, 0.05) is 48.5 Å². The summed E-state index contributed by atoms with van der Waals surface area (Å²) in [5.41, 5.74) is 8.52. The van der Waals surface area contributed by atoms with Gasteiger partial charge in [-0.05, 0) is 44.2 Å². The number of fused-ring (bicyclic) bond motifs is 1. The third-order valence-electron chi connectivity index (χ3n) is 5.93. The summed E-state index contributed by atoms with van der Waals surface area (Å²) in [5, 5.41) is 3.90. The van der Waals surface area contributed by atoms with E-state index in [9.17, 15) is 4.39 Å². The molecular weight excluding hydrogens is 453 g/mol. The normalized spacial score (nSPS) is 14.9. The Labute approximate surface area is 203 Å². The molecule has 1 fully saturated rings. The highest BCUT2D eigenvalue weighted by molar-refractivity contribution is 6.31. The molecule has 1 saturated heterocycles. The summed E-state index contributed by atoms with van der Waals surface area (Å²) in [7, 11) is 0. The Bertz CT molecular complexity index is 1310. The largest absolute Gasteiger partial charge is 0.398 e. The number of hydrogen-bond donors (Lipinski definition) is 2. The highest BCUT2D eigenvalue weighted by Gasteiger charge is 2.29. The molecule has 0 amide bonds. The first-order chi connectivity index (χ1) is 16.3. The van der Waals surface area contributed by atoms with Gasteiger partial charge in [-0.1, -0.05) is 23.4 Å². The molecule has 7 nitrogen and oxygen atoms in total. The van der Waals surface area contributed by atoms with E-state index < -0.39 is 5.82 Å². The van der Waals surface area contributed by atoms with Crippen molar-refractivity contribution < 1.29 is 4.39 Å². The van der Waals surface area contributed by atoms with Crippen LogP contribution in [0.25, 0.3) is 15.7 Å². The first-order valence-corrected chi connectivity index (χ1v) is 11.2. The van der Waals surface area contributed by atoms with Crippen LogP contribution in [-0.4, -0.2) is 58.2 Å². The summed E-state index contributed by atoms with van der Waals surface area (Å²) in [5.74, 6) is 6.67. The molecule has 2 aromatic carbocycles. The fraction of sp³-hybridized carbons (Fsp3) is 0.320. The number of halogens is 2. The Morgan fingerprint density at radius 3 is 2.68 bits per heavy atom. The lowest BCUT2D eigenvalue weighted by molar-refractivity contribution is 0.0870. The van der Waals surface area contributed by atoms with E-state index in [0.29, 0.717) is 34.9 Å². The molecule has 34 heavy (non-hydrogen) atoms. The third-order valence-corrected chi connectivity index (χ3v) is 6.22. The van der Waals surface area contributed by atoms with Gasteiger partial charge in [0.25, 0.3) is 6.67 Å². The standard InChI is InChI=1S/C25H25ClFN7/c1-25(2,34-10-8-33(9-11-34)16-29-3)7-6-17-12-23-19(14-22(17)28)24(31-15-30-23)32-18-4-5-21(27)20(26)13-18/h4-5,12-15H,8-11,16,28H2,1-2H3,(H,30,31,32). The van der Waals surface area contributed by atoms with E-state index in [4.69, 9.17) is 23.9 Å². The average Bonchev–Trinajstić information content (AvgIpc) is 2.81. The lowest BCUT2D eigenvalue weighted by atomic mass is 10.0. The van der Waals surface area contributed by atoms with Crippen molar-refractivity contribution in [2.45, 2.75) is 19.4 Å². The minimum absolute atomic E-state index is 0.0239. The second-order valence-corrected chi connectivity index (χ2v) is 9.05. The highest BCUT2D eigenvalue weighted by atomic mass is 35.5. The van der Waals surface area contributed by atoms with Crippen LogP contribution >= 0.6 is 11.6 Å². The zero-order valence-corrected chi connectivity index (χ0v) is 19.8. The first kappa shape index (κ1) is 23.7. The minimum Gasteiger partial charge on any atom is -0.398 e. The van der Waals surface area contributed by atoms with Crippen LogP contribution in [0.5, 0.6) is 0 Å². The number of rotatable bonds is 4. The van der Waals surface area contributed by atoms with E-state index >= 15 is 0 Å². The average molecular weight is 478 g/mol. The van der Waals surface area contributed by atoms with Crippen LogP contribution in [0.3, 0.4) is 0 Å². The zero-order valence-electron chi connectivity index (χ0n) is 19.1. The Morgan fingerprint density at radius 1 is 1.21 bits per heavy atom. The summed E-state index contributed by atoms with van der Waals surface area (Å²) in [6, 6.07) is 8.02. The van der Waals surface area contributed by atoms with Gasteiger partial charge in [-0.25, -0.2) is 25.8 Å². The van der Waals surface area contributed by atoms with Crippen molar-refractivity contribution in [3.8, 4) is 11.8 Å². The molecule has 1 aromatic heterocycles. The predicted octanol–water partition coefficient (Wildman–Crippen LogP) is 4.37. The highest BCUT2D eigenvalue weighted by Crippen LogP contribution is 2.29. The van der Waals surface area contributed by atoms with Crippen LogP contribution in [-0.2, 0) is 0 Å². The van der Waals surface area contributed by atoms with Crippen molar-refractivity contribution in [3.63, 3.8) is 0 Å². The van der Waals surface area contributed by atoms with E-state index in [1.807, 2.05) is 6.07 Å². The predicted molar refractivity (Wildman–Crippen MR) is 134 cm³/mol. The van der Waals surface area contributed by atoms with Crippen molar-refractivity contribution in [2.75, 3.05) is 43.9 Å². The van der Waals surface area contributed by atoms with Crippen LogP contribution in [0.2, 0.25) is 5.02 Å². The molecule has 3 aromatic rings. The Kier molecular flexibility index (Phi) is 6.85. The second kappa shape index (κ2) is 9.82. The molecule has 9 heteroatoms. The number of piperazine rings is 1. The van der Waals surface area contributed by atoms with Crippen LogP contribution in [0.4, 0.5) is 21.6 Å². The number of aromatic nitrogens is 2. The van der Waals surface area contributed by atoms with Gasteiger partial charge < -0.3 is 11.1 Å². The summed E-state index contributed by atoms with van der Waals surface area (Å²) < 4.78 is 13.5. The van der Waals surface area contributed by atoms with E-state index in [1.165, 1.54) is 18.5 Å². The molecule has 1 aliphatic heterocycles. The smallest absolute Gasteiger partial charge is 0.270 e. The molecule has 0 aliphatic carbocycles. The van der Waals surface area contributed by atoms with Crippen molar-refractivity contribution in [2.24, 2.45) is 0 Å². The molecule has 0 spiro atoms. The van der Waals surface area contributed by atoms with Crippen LogP contribution in [0, 0.1) is 24.2 Å². The monoisotopic (exact) mass is 477 g/mol. The molecule has 1 aliphatic rings. The molecule has 0 radical (unpaired) electrons. The van der Waals surface area contributed by atoms with Crippen LogP contribution in [0.1, 0.15) is 19.4 Å². The molecule has 174 valence electrons. The third kappa shape index (κ3) is 5.21. The molecule has 0 unspecified atom stereocenters. The van der Waals surface area contributed by atoms with Crippen molar-refractivity contribution in [1.82, 2.24) is 19.8 Å². The Hall–Kier alpha value is -3.43. The number of nitrogen functional groups attached to an aromatic ring is 1. The van der Waals surface area contributed by atoms with E-state index in [1.54, 1.807) is 12.1 Å². The van der Waals surface area contributed by atoms with Crippen molar-refractivity contribution in [1.29, 1.82) is 0 Å². The maximum atomic E-state index is 13.5. The fourth-order valence-electron chi connectivity index (χ4n) is 3.89. The van der Waals surface area contributed by atoms with E-state index in [2.05, 4.69) is 55.6 Å². The van der Waals surface area contributed by atoms with Crippen molar-refractivity contribution >= 4 is 39.7 Å². The van der Waals surface area contributed by atoms with Gasteiger partial charge in [0.2, 0.25) is 0 Å². The van der Waals surface area contributed by atoms with Gasteiger partial charge in [-0.15, -0.1) is 0 Å². The lowest BCUT2D eigenvalue weighted by Gasteiger charge is -2.40. The van der Waals surface area contributed by atoms with Gasteiger partial charge in [0.05, 0.1) is 16.1 Å². The number of hydrogen-bond acceptors (Lipinski definition) is 6. The van der Waals surface area contributed by atoms with Crippen molar-refractivity contribution in [3.05, 3.63) is 64.5 Å². The minimum atomic E-state index is -0.486. The summed E-state index contributed by atoms with van der Waals surface area (Å²) in [6.07, 6.45) is 1.45. The van der Waals surface area contributed by atoms with Gasteiger partial charge in [-0.3, -0.25) is 9.74 Å². The fourth-order valence-corrected chi connectivity index (χ4v) is 4.07. The molecule has 4 rings (SSSR count). The Morgan fingerprint density at radius 2 is 1.97 bits per heavy atom. The number of nitrogens with two attached hydrogens (primary N) is 1. The maximum absolute atomic E-state index is 13.5.